The number of nitrogens with one attached hydrogen (secondary N) is 2. The number of hydrogen-bond donors (Lipinski definition) is 2. The van der Waals surface area contributed by atoms with Gasteiger partial charge in [-0.25, -0.2) is 4.98 Å². The van der Waals surface area contributed by atoms with Gasteiger partial charge in [0.15, 0.2) is 5.82 Å². The van der Waals surface area contributed by atoms with E-state index in [1.807, 2.05) is 24.3 Å². The van der Waals surface area contributed by atoms with Gasteiger partial charge in [0.25, 0.3) is 0 Å². The third-order valence-electron chi connectivity index (χ3n) is 2.23. The highest BCUT2D eigenvalue weighted by atomic mass is 35.5. The maximum absolute atomic E-state index is 11.0. The summed E-state index contributed by atoms with van der Waals surface area (Å²) < 4.78 is 0. The molecule has 1 aromatic carbocycles. The smallest absolute Gasteiger partial charge is 0.235 e. The first-order valence-electron chi connectivity index (χ1n) is 5.07. The van der Waals surface area contributed by atoms with E-state index in [1.54, 1.807) is 0 Å². The Morgan fingerprint density at radius 2 is 2.35 bits per heavy atom. The first-order chi connectivity index (χ1) is 8.29. The van der Waals surface area contributed by atoms with Crippen molar-refractivity contribution < 1.29 is 4.79 Å². The minimum Gasteiger partial charge on any atom is -0.351 e. The Hall–Kier alpha value is -1.88. The molecule has 0 radical (unpaired) electrons. The van der Waals surface area contributed by atoms with Crippen LogP contribution in [0.25, 0.3) is 11.4 Å². The van der Waals surface area contributed by atoms with Gasteiger partial charge in [0.2, 0.25) is 5.91 Å². The molecule has 2 rings (SSSR count). The highest BCUT2D eigenvalue weighted by Crippen LogP contribution is 2.15. The van der Waals surface area contributed by atoms with Gasteiger partial charge in [-0.15, -0.1) is 11.6 Å². The molecule has 1 heterocycles. The predicted octanol–water partition coefficient (Wildman–Crippen LogP) is 1.33. The van der Waals surface area contributed by atoms with Gasteiger partial charge in [0.1, 0.15) is 12.2 Å². The number of aromatic amines is 1. The first-order valence-corrected chi connectivity index (χ1v) is 5.60. The topological polar surface area (TPSA) is 70.7 Å². The van der Waals surface area contributed by atoms with Crippen molar-refractivity contribution in [3.8, 4) is 11.4 Å². The third-order valence-corrected chi connectivity index (χ3v) is 2.47. The number of H-pyrrole nitrogens is 1. The van der Waals surface area contributed by atoms with Crippen molar-refractivity contribution in [2.24, 2.45) is 0 Å². The SMILES string of the molecule is O=C(CCl)NCc1cccc(-c2ncn[nH]2)c1. The summed E-state index contributed by atoms with van der Waals surface area (Å²) in [7, 11) is 0. The van der Waals surface area contributed by atoms with E-state index in [1.165, 1.54) is 6.33 Å². The molecule has 5 nitrogen and oxygen atoms in total. The zero-order valence-corrected chi connectivity index (χ0v) is 9.74. The van der Waals surface area contributed by atoms with E-state index in [4.69, 9.17) is 11.6 Å². The van der Waals surface area contributed by atoms with Crippen molar-refractivity contribution in [2.45, 2.75) is 6.54 Å². The number of halogens is 1. The molecule has 0 bridgehead atoms. The maximum atomic E-state index is 11.0. The van der Waals surface area contributed by atoms with Gasteiger partial charge >= 0.3 is 0 Å². The lowest BCUT2D eigenvalue weighted by atomic mass is 10.1. The number of hydrogen-bond acceptors (Lipinski definition) is 3. The molecule has 1 aromatic heterocycles. The van der Waals surface area contributed by atoms with Gasteiger partial charge in [-0.3, -0.25) is 9.89 Å². The van der Waals surface area contributed by atoms with Crippen LogP contribution < -0.4 is 5.32 Å². The molecule has 0 unspecified atom stereocenters. The standard InChI is InChI=1S/C11H11ClN4O/c12-5-10(17)13-6-8-2-1-3-9(4-8)11-14-7-15-16-11/h1-4,7H,5-6H2,(H,13,17)(H,14,15,16). The minimum absolute atomic E-state index is 0.0260. The Labute approximate surface area is 103 Å². The molecule has 2 aromatic rings. The van der Waals surface area contributed by atoms with Crippen molar-refractivity contribution in [3.63, 3.8) is 0 Å². The summed E-state index contributed by atoms with van der Waals surface area (Å²) in [5.41, 5.74) is 1.91. The zero-order chi connectivity index (χ0) is 12.1. The van der Waals surface area contributed by atoms with Gasteiger partial charge in [0.05, 0.1) is 0 Å². The molecule has 2 N–H and O–H groups in total. The van der Waals surface area contributed by atoms with E-state index in [0.29, 0.717) is 12.4 Å². The zero-order valence-electron chi connectivity index (χ0n) is 8.98. The number of nitrogens with zero attached hydrogens (tertiary/aromatic N) is 2. The summed E-state index contributed by atoms with van der Waals surface area (Å²) in [5.74, 6) is 0.495. The number of carbonyl (C=O) groups is 1. The van der Waals surface area contributed by atoms with Crippen LogP contribution in [-0.4, -0.2) is 27.0 Å². The molecule has 0 saturated heterocycles. The number of alkyl halides is 1. The van der Waals surface area contributed by atoms with E-state index in [-0.39, 0.29) is 11.8 Å². The fraction of sp³-hybridized carbons (Fsp3) is 0.182. The number of benzene rings is 1. The highest BCUT2D eigenvalue weighted by Gasteiger charge is 2.03. The van der Waals surface area contributed by atoms with Crippen LogP contribution in [0.5, 0.6) is 0 Å². The van der Waals surface area contributed by atoms with E-state index in [0.717, 1.165) is 11.1 Å². The number of rotatable bonds is 4. The molecule has 0 spiro atoms. The second kappa shape index (κ2) is 5.45. The van der Waals surface area contributed by atoms with Crippen LogP contribution in [0.15, 0.2) is 30.6 Å². The molecule has 0 atom stereocenters. The van der Waals surface area contributed by atoms with Crippen LogP contribution in [-0.2, 0) is 11.3 Å². The Morgan fingerprint density at radius 3 is 3.06 bits per heavy atom. The molecule has 0 saturated carbocycles. The van der Waals surface area contributed by atoms with E-state index < -0.39 is 0 Å². The van der Waals surface area contributed by atoms with Gasteiger partial charge in [-0.1, -0.05) is 18.2 Å². The van der Waals surface area contributed by atoms with Gasteiger partial charge in [-0.2, -0.15) is 5.10 Å². The van der Waals surface area contributed by atoms with Crippen molar-refractivity contribution in [1.82, 2.24) is 20.5 Å². The van der Waals surface area contributed by atoms with Gasteiger partial charge in [-0.05, 0) is 11.6 Å². The summed E-state index contributed by atoms with van der Waals surface area (Å²) in [6.45, 7) is 0.452. The summed E-state index contributed by atoms with van der Waals surface area (Å²) in [4.78, 5) is 15.1. The van der Waals surface area contributed by atoms with E-state index in [9.17, 15) is 4.79 Å². The first kappa shape index (κ1) is 11.6. The lowest BCUT2D eigenvalue weighted by Crippen LogP contribution is -2.23. The maximum Gasteiger partial charge on any atom is 0.235 e. The molecule has 17 heavy (non-hydrogen) atoms. The molecular weight excluding hydrogens is 240 g/mol. The predicted molar refractivity (Wildman–Crippen MR) is 64.4 cm³/mol. The Balaban J connectivity index is 2.09. The number of aromatic nitrogens is 3. The second-order valence-electron chi connectivity index (χ2n) is 3.44. The molecule has 0 aliphatic heterocycles. The lowest BCUT2D eigenvalue weighted by molar-refractivity contribution is -0.118. The van der Waals surface area contributed by atoms with Gasteiger partial charge in [0, 0.05) is 12.1 Å². The van der Waals surface area contributed by atoms with Crippen LogP contribution in [0.3, 0.4) is 0 Å². The van der Waals surface area contributed by atoms with E-state index in [2.05, 4.69) is 20.5 Å². The Kier molecular flexibility index (Phi) is 3.72. The van der Waals surface area contributed by atoms with Crippen LogP contribution >= 0.6 is 11.6 Å². The number of amides is 1. The number of carbonyl (C=O) groups excluding carboxylic acids is 1. The summed E-state index contributed by atoms with van der Waals surface area (Å²) in [6, 6.07) is 7.69. The highest BCUT2D eigenvalue weighted by molar-refractivity contribution is 6.27. The normalized spacial score (nSPS) is 10.2. The Bertz CT molecular complexity index is 498. The van der Waals surface area contributed by atoms with Crippen molar-refractivity contribution in [3.05, 3.63) is 36.2 Å². The average molecular weight is 251 g/mol. The third kappa shape index (κ3) is 3.04. The molecule has 0 aliphatic rings. The van der Waals surface area contributed by atoms with Crippen molar-refractivity contribution >= 4 is 17.5 Å². The van der Waals surface area contributed by atoms with Crippen LogP contribution in [0.2, 0.25) is 0 Å². The minimum atomic E-state index is -0.184. The molecule has 0 aliphatic carbocycles. The Morgan fingerprint density at radius 1 is 1.47 bits per heavy atom. The summed E-state index contributed by atoms with van der Waals surface area (Å²) >= 11 is 5.40. The fourth-order valence-electron chi connectivity index (χ4n) is 1.42. The molecule has 0 fully saturated rings. The lowest BCUT2D eigenvalue weighted by Gasteiger charge is -2.04. The summed E-state index contributed by atoms with van der Waals surface area (Å²) in [6.07, 6.45) is 1.46. The monoisotopic (exact) mass is 250 g/mol. The van der Waals surface area contributed by atoms with Crippen LogP contribution in [0.4, 0.5) is 0 Å². The molecule has 1 amide bonds. The molecule has 88 valence electrons. The molecular formula is C11H11ClN4O. The van der Waals surface area contributed by atoms with Gasteiger partial charge < -0.3 is 5.32 Å². The fourth-order valence-corrected chi connectivity index (χ4v) is 1.52. The van der Waals surface area contributed by atoms with E-state index >= 15 is 0 Å². The van der Waals surface area contributed by atoms with Crippen molar-refractivity contribution in [1.29, 1.82) is 0 Å². The second-order valence-corrected chi connectivity index (χ2v) is 3.71. The average Bonchev–Trinajstić information content (AvgIpc) is 2.90. The van der Waals surface area contributed by atoms with Crippen LogP contribution in [0, 0.1) is 0 Å². The molecule has 6 heteroatoms. The van der Waals surface area contributed by atoms with Crippen LogP contribution in [0.1, 0.15) is 5.56 Å². The van der Waals surface area contributed by atoms with Crippen molar-refractivity contribution in [2.75, 3.05) is 5.88 Å². The quantitative estimate of drug-likeness (QED) is 0.804. The summed E-state index contributed by atoms with van der Waals surface area (Å²) in [5, 5.41) is 9.28. The largest absolute Gasteiger partial charge is 0.351 e.